The van der Waals surface area contributed by atoms with Crippen LogP contribution in [0.25, 0.3) is 0 Å². The van der Waals surface area contributed by atoms with Crippen LogP contribution in [0.15, 0.2) is 90.0 Å². The predicted molar refractivity (Wildman–Crippen MR) is 149 cm³/mol. The average molecular weight is 496 g/mol. The summed E-state index contributed by atoms with van der Waals surface area (Å²) < 4.78 is 5.34. The van der Waals surface area contributed by atoms with Crippen LogP contribution in [0.4, 0.5) is 0 Å². The molecule has 3 atom stereocenters. The van der Waals surface area contributed by atoms with E-state index in [2.05, 4.69) is 74.4 Å². The molecule has 0 amide bonds. The summed E-state index contributed by atoms with van der Waals surface area (Å²) in [5, 5.41) is 0. The molecule has 3 unspecified atom stereocenters. The van der Waals surface area contributed by atoms with E-state index in [0.717, 1.165) is 25.7 Å². The van der Waals surface area contributed by atoms with Gasteiger partial charge in [0.2, 0.25) is 0 Å². The smallest absolute Gasteiger partial charge is 0.0806 e. The molecule has 0 radical (unpaired) electrons. The van der Waals surface area contributed by atoms with Gasteiger partial charge in [0.25, 0.3) is 0 Å². The zero-order valence-corrected chi connectivity index (χ0v) is 22.1. The molecule has 2 aromatic rings. The number of halogens is 1. The van der Waals surface area contributed by atoms with Crippen LogP contribution in [0, 0.1) is 11.3 Å². The van der Waals surface area contributed by atoms with Crippen molar-refractivity contribution < 1.29 is 4.29 Å². The van der Waals surface area contributed by atoms with Gasteiger partial charge >= 0.3 is 0 Å². The summed E-state index contributed by atoms with van der Waals surface area (Å²) in [6.45, 7) is 6.27. The Kier molecular flexibility index (Phi) is 10.4. The van der Waals surface area contributed by atoms with E-state index in [0.29, 0.717) is 5.70 Å². The van der Waals surface area contributed by atoms with Gasteiger partial charge in [-0.15, -0.1) is 11.8 Å². The maximum absolute atomic E-state index is 6.09. The molecule has 4 rings (SSSR count). The van der Waals surface area contributed by atoms with Crippen molar-refractivity contribution >= 4 is 23.6 Å². The molecule has 0 aliphatic heterocycles. The normalized spacial score (nSPS) is 20.5. The minimum absolute atomic E-state index is 0.0565. The zero-order chi connectivity index (χ0) is 24.4. The first kappa shape index (κ1) is 26.7. The van der Waals surface area contributed by atoms with Crippen LogP contribution in [-0.4, -0.2) is 12.4 Å². The maximum atomic E-state index is 6.09. The minimum Gasteiger partial charge on any atom is -0.402 e. The Hall–Kier alpha value is -1.94. The lowest BCUT2D eigenvalue weighted by atomic mass is 9.76. The Bertz CT molecular complexity index is 963. The molecule has 0 bridgehead atoms. The molecule has 2 nitrogen and oxygen atoms in total. The van der Waals surface area contributed by atoms with Gasteiger partial charge in [0.05, 0.1) is 18.0 Å². The first-order chi connectivity index (χ1) is 16.4. The highest BCUT2D eigenvalue weighted by molar-refractivity contribution is 8.02. The molecule has 0 aromatic heterocycles. The van der Waals surface area contributed by atoms with Crippen LogP contribution in [0.1, 0.15) is 49.3 Å². The van der Waals surface area contributed by atoms with E-state index >= 15 is 0 Å². The maximum Gasteiger partial charge on any atom is 0.0806 e. The Morgan fingerprint density at radius 3 is 2.35 bits per heavy atom. The van der Waals surface area contributed by atoms with E-state index in [-0.39, 0.29) is 17.4 Å². The quantitative estimate of drug-likeness (QED) is 0.382. The highest BCUT2D eigenvalue weighted by Gasteiger charge is 2.33. The summed E-state index contributed by atoms with van der Waals surface area (Å²) in [5.41, 5.74) is 11.2. The summed E-state index contributed by atoms with van der Waals surface area (Å²) in [4.78, 5) is 1.37. The monoisotopic (exact) mass is 495 g/mol. The molecule has 2 aliphatic carbocycles. The summed E-state index contributed by atoms with van der Waals surface area (Å²) in [6.07, 6.45) is 16.1. The fourth-order valence-electron chi connectivity index (χ4n) is 5.03. The van der Waals surface area contributed by atoms with E-state index in [9.17, 15) is 0 Å². The Morgan fingerprint density at radius 2 is 1.76 bits per heavy atom. The van der Waals surface area contributed by atoms with E-state index in [1.807, 2.05) is 18.2 Å². The second-order valence-electron chi connectivity index (χ2n) is 9.66. The fraction of sp³-hybridized carbons (Fsp3) is 0.400. The minimum atomic E-state index is -0.0669. The van der Waals surface area contributed by atoms with Gasteiger partial charge in [0.1, 0.15) is 0 Å². The molecular weight excluding hydrogens is 458 g/mol. The van der Waals surface area contributed by atoms with Gasteiger partial charge in [-0.05, 0) is 72.8 Å². The number of hydrogen-bond acceptors (Lipinski definition) is 3. The predicted octanol–water partition coefficient (Wildman–Crippen LogP) is 8.03. The molecule has 0 saturated heterocycles. The van der Waals surface area contributed by atoms with Crippen molar-refractivity contribution in [1.82, 2.24) is 0 Å². The van der Waals surface area contributed by atoms with Gasteiger partial charge in [-0.25, -0.2) is 0 Å². The lowest BCUT2D eigenvalue weighted by Crippen LogP contribution is -2.29. The van der Waals surface area contributed by atoms with Crippen LogP contribution < -0.4 is 5.73 Å². The summed E-state index contributed by atoms with van der Waals surface area (Å²) in [5.74, 6) is 0.149. The van der Waals surface area contributed by atoms with Gasteiger partial charge < -0.3 is 5.73 Å². The molecule has 0 heterocycles. The number of nitrogens with two attached hydrogens (primary N) is 1. The van der Waals surface area contributed by atoms with Crippen molar-refractivity contribution in [1.29, 1.82) is 0 Å². The van der Waals surface area contributed by atoms with Gasteiger partial charge in [-0.3, -0.25) is 4.29 Å². The number of allylic oxidation sites excluding steroid dienone is 5. The Labute approximate surface area is 215 Å². The van der Waals surface area contributed by atoms with Crippen LogP contribution in [0.2, 0.25) is 0 Å². The van der Waals surface area contributed by atoms with Gasteiger partial charge in [0, 0.05) is 17.0 Å². The highest BCUT2D eigenvalue weighted by atomic mass is 35.5. The van der Waals surface area contributed by atoms with Gasteiger partial charge in [-0.1, -0.05) is 86.3 Å². The average Bonchev–Trinajstić information content (AvgIpc) is 3.33. The van der Waals surface area contributed by atoms with E-state index < -0.39 is 0 Å². The summed E-state index contributed by atoms with van der Waals surface area (Å²) >= 11 is 7.68. The molecule has 2 aliphatic rings. The highest BCUT2D eigenvalue weighted by Crippen LogP contribution is 2.45. The first-order valence-electron chi connectivity index (χ1n) is 12.2. The number of rotatable bonds is 9. The molecule has 0 fully saturated rings. The SMILES string of the molecule is C=C(N)C(Cc1ccccc1)CC(CC1(C)CC=CC=C1SC)OCl.c1ccc2c(c1)CCC2. The van der Waals surface area contributed by atoms with Crippen molar-refractivity contribution in [3.8, 4) is 0 Å². The lowest BCUT2D eigenvalue weighted by Gasteiger charge is -2.35. The molecule has 0 saturated carbocycles. The molecule has 34 heavy (non-hydrogen) atoms. The third kappa shape index (κ3) is 7.53. The van der Waals surface area contributed by atoms with Gasteiger partial charge in [-0.2, -0.15) is 0 Å². The number of thioether (sulfide) groups is 1. The second-order valence-corrected chi connectivity index (χ2v) is 10.7. The second kappa shape index (κ2) is 13.2. The molecular formula is C30H38ClNOS. The van der Waals surface area contributed by atoms with Crippen LogP contribution in [0.5, 0.6) is 0 Å². The zero-order valence-electron chi connectivity index (χ0n) is 20.5. The fourth-order valence-corrected chi connectivity index (χ4v) is 6.04. The van der Waals surface area contributed by atoms with Crippen LogP contribution in [-0.2, 0) is 23.6 Å². The van der Waals surface area contributed by atoms with E-state index in [1.54, 1.807) is 22.9 Å². The van der Waals surface area contributed by atoms with Crippen LogP contribution >= 0.6 is 23.6 Å². The molecule has 2 N–H and O–H groups in total. The van der Waals surface area contributed by atoms with Gasteiger partial charge in [0.15, 0.2) is 0 Å². The number of hydrogen-bond donors (Lipinski definition) is 1. The van der Waals surface area contributed by atoms with Crippen molar-refractivity contribution in [3.05, 3.63) is 107 Å². The Balaban J connectivity index is 0.000000296. The summed E-state index contributed by atoms with van der Waals surface area (Å²) in [6, 6.07) is 19.1. The van der Waals surface area contributed by atoms with Crippen molar-refractivity contribution in [2.45, 2.75) is 58.0 Å². The molecule has 2 aromatic carbocycles. The third-order valence-corrected chi connectivity index (χ3v) is 8.30. The lowest BCUT2D eigenvalue weighted by molar-refractivity contribution is 0.138. The largest absolute Gasteiger partial charge is 0.402 e. The third-order valence-electron chi connectivity index (χ3n) is 6.98. The molecule has 182 valence electrons. The van der Waals surface area contributed by atoms with Crippen molar-refractivity contribution in [2.24, 2.45) is 17.1 Å². The molecule has 0 spiro atoms. The van der Waals surface area contributed by atoms with Crippen molar-refractivity contribution in [2.75, 3.05) is 6.26 Å². The number of aryl methyl sites for hydroxylation is 2. The summed E-state index contributed by atoms with van der Waals surface area (Å²) in [7, 11) is 0. The van der Waals surface area contributed by atoms with Crippen molar-refractivity contribution in [3.63, 3.8) is 0 Å². The topological polar surface area (TPSA) is 35.2 Å². The van der Waals surface area contributed by atoms with Crippen LogP contribution in [0.3, 0.4) is 0 Å². The number of fused-ring (bicyclic) bond motifs is 1. The number of benzene rings is 2. The van der Waals surface area contributed by atoms with E-state index in [1.165, 1.54) is 29.7 Å². The Morgan fingerprint density at radius 1 is 1.12 bits per heavy atom. The first-order valence-corrected chi connectivity index (χ1v) is 13.7. The molecule has 4 heteroatoms. The van der Waals surface area contributed by atoms with E-state index in [4.69, 9.17) is 21.9 Å². The standard InChI is InChI=1S/C21H28ClNOS.C9H10/c1-16(23)18(13-17-9-5-4-6-10-17)14-19(24-22)15-21(2)12-8-7-11-20(21)25-3;1-2-5-9-7-3-6-8(9)4-1/h4-11,18-19H,1,12-15,23H2,2-3H3;1-2,4-5H,3,6-7H2.